The summed E-state index contributed by atoms with van der Waals surface area (Å²) in [4.78, 5) is -0.0994. The predicted octanol–water partition coefficient (Wildman–Crippen LogP) is 2.95. The van der Waals surface area contributed by atoms with Crippen molar-refractivity contribution in [1.29, 1.82) is 0 Å². The monoisotopic (exact) mass is 316 g/mol. The van der Waals surface area contributed by atoms with Crippen molar-refractivity contribution in [2.24, 2.45) is 0 Å². The molecule has 0 amide bonds. The van der Waals surface area contributed by atoms with Crippen LogP contribution in [0.15, 0.2) is 41.3 Å². The zero-order valence-corrected chi connectivity index (χ0v) is 11.6. The lowest BCUT2D eigenvalue weighted by molar-refractivity contribution is 0.448. The molecule has 0 saturated carbocycles. The highest BCUT2D eigenvalue weighted by Crippen LogP contribution is 2.24. The van der Waals surface area contributed by atoms with Gasteiger partial charge in [-0.25, -0.2) is 21.6 Å². The van der Waals surface area contributed by atoms with Crippen LogP contribution < -0.4 is 10.0 Å². The van der Waals surface area contributed by atoms with Gasteiger partial charge in [-0.05, 0) is 12.1 Å². The number of hydrogen-bond acceptors (Lipinski definition) is 3. The van der Waals surface area contributed by atoms with Crippen LogP contribution in [0.5, 0.6) is 0 Å². The van der Waals surface area contributed by atoms with E-state index in [4.69, 9.17) is 0 Å². The first kappa shape index (κ1) is 15.2. The Morgan fingerprint density at radius 1 is 1.00 bits per heavy atom. The van der Waals surface area contributed by atoms with E-state index >= 15 is 0 Å². The maximum absolute atomic E-state index is 13.1. The van der Waals surface area contributed by atoms with E-state index in [0.29, 0.717) is 17.8 Å². The number of benzene rings is 2. The molecule has 0 fully saturated rings. The van der Waals surface area contributed by atoms with E-state index in [0.717, 1.165) is 0 Å². The van der Waals surface area contributed by atoms with Gasteiger partial charge in [-0.2, -0.15) is 0 Å². The molecule has 0 bridgehead atoms. The molecule has 0 saturated heterocycles. The van der Waals surface area contributed by atoms with Crippen LogP contribution in [-0.2, 0) is 10.0 Å². The second kappa shape index (κ2) is 5.65. The van der Waals surface area contributed by atoms with Gasteiger partial charge in [-0.1, -0.05) is 12.1 Å². The number of para-hydroxylation sites is 1. The van der Waals surface area contributed by atoms with Gasteiger partial charge < -0.3 is 5.32 Å². The van der Waals surface area contributed by atoms with Crippen LogP contribution in [0, 0.1) is 17.5 Å². The molecule has 0 unspecified atom stereocenters. The first-order valence-electron chi connectivity index (χ1n) is 5.79. The van der Waals surface area contributed by atoms with Gasteiger partial charge in [0.05, 0.1) is 11.4 Å². The normalized spacial score (nSPS) is 11.2. The van der Waals surface area contributed by atoms with Gasteiger partial charge in [-0.15, -0.1) is 0 Å². The Balaban J connectivity index is 2.42. The second-order valence-corrected chi connectivity index (χ2v) is 5.76. The van der Waals surface area contributed by atoms with Crippen molar-refractivity contribution in [2.45, 2.75) is 4.90 Å². The summed E-state index contributed by atoms with van der Waals surface area (Å²) in [5, 5.41) is 2.69. The minimum atomic E-state index is -4.07. The molecule has 0 aliphatic carbocycles. The Hall–Kier alpha value is -2.22. The summed E-state index contributed by atoms with van der Waals surface area (Å²) in [6.45, 7) is 0. The third kappa shape index (κ3) is 3.10. The molecule has 2 aromatic rings. The van der Waals surface area contributed by atoms with Crippen LogP contribution >= 0.6 is 0 Å². The topological polar surface area (TPSA) is 58.2 Å². The molecule has 2 N–H and O–H groups in total. The minimum absolute atomic E-state index is 0.0994. The van der Waals surface area contributed by atoms with Gasteiger partial charge in [0.25, 0.3) is 10.0 Å². The highest BCUT2D eigenvalue weighted by atomic mass is 32.2. The van der Waals surface area contributed by atoms with Crippen molar-refractivity contribution >= 4 is 21.4 Å². The SMILES string of the molecule is CNc1ccccc1S(=O)(=O)Nc1cc(F)c(F)c(F)c1. The molecule has 0 spiro atoms. The van der Waals surface area contributed by atoms with Crippen LogP contribution in [0.2, 0.25) is 0 Å². The largest absolute Gasteiger partial charge is 0.387 e. The van der Waals surface area contributed by atoms with Crippen molar-refractivity contribution in [3.63, 3.8) is 0 Å². The molecular weight excluding hydrogens is 305 g/mol. The number of anilines is 2. The molecule has 112 valence electrons. The molecule has 0 aliphatic heterocycles. The van der Waals surface area contributed by atoms with Gasteiger partial charge in [-0.3, -0.25) is 4.72 Å². The molecule has 2 rings (SSSR count). The first-order valence-corrected chi connectivity index (χ1v) is 7.27. The number of halogens is 3. The Morgan fingerprint density at radius 2 is 1.57 bits per heavy atom. The van der Waals surface area contributed by atoms with E-state index in [1.807, 2.05) is 4.72 Å². The summed E-state index contributed by atoms with van der Waals surface area (Å²) in [7, 11) is -2.54. The zero-order chi connectivity index (χ0) is 15.6. The van der Waals surface area contributed by atoms with Gasteiger partial charge in [0.15, 0.2) is 17.5 Å². The smallest absolute Gasteiger partial charge is 0.263 e. The van der Waals surface area contributed by atoms with Gasteiger partial charge in [0.1, 0.15) is 4.90 Å². The van der Waals surface area contributed by atoms with Crippen molar-refractivity contribution in [1.82, 2.24) is 0 Å². The number of rotatable bonds is 4. The van der Waals surface area contributed by atoms with Gasteiger partial charge in [0, 0.05) is 19.2 Å². The van der Waals surface area contributed by atoms with E-state index in [2.05, 4.69) is 5.32 Å². The molecule has 0 heterocycles. The Kier molecular flexibility index (Phi) is 4.08. The second-order valence-electron chi connectivity index (χ2n) is 4.11. The highest BCUT2D eigenvalue weighted by molar-refractivity contribution is 7.92. The average Bonchev–Trinajstić information content (AvgIpc) is 2.44. The maximum atomic E-state index is 13.1. The predicted molar refractivity (Wildman–Crippen MR) is 73.1 cm³/mol. The fourth-order valence-electron chi connectivity index (χ4n) is 1.73. The van der Waals surface area contributed by atoms with Gasteiger partial charge in [0.2, 0.25) is 0 Å². The fourth-order valence-corrected chi connectivity index (χ4v) is 2.99. The molecule has 0 radical (unpaired) electrons. The Labute approximate surface area is 119 Å². The zero-order valence-electron chi connectivity index (χ0n) is 10.8. The minimum Gasteiger partial charge on any atom is -0.387 e. The summed E-state index contributed by atoms with van der Waals surface area (Å²) >= 11 is 0. The number of hydrogen-bond donors (Lipinski definition) is 2. The van der Waals surface area contributed by atoms with Crippen molar-refractivity contribution in [2.75, 3.05) is 17.1 Å². The third-order valence-electron chi connectivity index (χ3n) is 2.68. The van der Waals surface area contributed by atoms with E-state index in [-0.39, 0.29) is 4.90 Å². The molecule has 2 aromatic carbocycles. The van der Waals surface area contributed by atoms with Crippen LogP contribution in [0.25, 0.3) is 0 Å². The average molecular weight is 316 g/mol. The van der Waals surface area contributed by atoms with Gasteiger partial charge >= 0.3 is 0 Å². The molecular formula is C13H11F3N2O2S. The molecule has 0 atom stereocenters. The molecule has 21 heavy (non-hydrogen) atoms. The summed E-state index contributed by atoms with van der Waals surface area (Å²) in [6.07, 6.45) is 0. The standard InChI is InChI=1S/C13H11F3N2O2S/c1-17-11-4-2-3-5-12(11)21(19,20)18-8-6-9(14)13(16)10(15)7-8/h2-7,17-18H,1H3. The molecule has 0 aromatic heterocycles. The summed E-state index contributed by atoms with van der Waals surface area (Å²) in [5.74, 6) is -4.61. The fraction of sp³-hybridized carbons (Fsp3) is 0.0769. The van der Waals surface area contributed by atoms with Crippen LogP contribution in [-0.4, -0.2) is 15.5 Å². The highest BCUT2D eigenvalue weighted by Gasteiger charge is 2.19. The van der Waals surface area contributed by atoms with E-state index < -0.39 is 33.2 Å². The van der Waals surface area contributed by atoms with Crippen LogP contribution in [0.4, 0.5) is 24.5 Å². The Bertz CT molecular complexity index is 756. The van der Waals surface area contributed by atoms with Crippen LogP contribution in [0.3, 0.4) is 0 Å². The first-order chi connectivity index (χ1) is 9.85. The third-order valence-corrected chi connectivity index (χ3v) is 4.12. The van der Waals surface area contributed by atoms with Crippen molar-refractivity contribution in [3.05, 3.63) is 53.8 Å². The van der Waals surface area contributed by atoms with Crippen molar-refractivity contribution in [3.8, 4) is 0 Å². The summed E-state index contributed by atoms with van der Waals surface area (Å²) in [6, 6.07) is 7.12. The van der Waals surface area contributed by atoms with Crippen LogP contribution in [0.1, 0.15) is 0 Å². The lowest BCUT2D eigenvalue weighted by atomic mass is 10.3. The molecule has 8 heteroatoms. The quantitative estimate of drug-likeness (QED) is 0.853. The molecule has 0 aliphatic rings. The Morgan fingerprint density at radius 3 is 2.14 bits per heavy atom. The lowest BCUT2D eigenvalue weighted by Crippen LogP contribution is -2.15. The van der Waals surface area contributed by atoms with E-state index in [1.165, 1.54) is 25.2 Å². The summed E-state index contributed by atoms with van der Waals surface area (Å²) in [5.41, 5.74) is -0.0923. The summed E-state index contributed by atoms with van der Waals surface area (Å²) < 4.78 is 65.5. The maximum Gasteiger partial charge on any atom is 0.263 e. The number of sulfonamides is 1. The van der Waals surface area contributed by atoms with Crippen molar-refractivity contribution < 1.29 is 21.6 Å². The van der Waals surface area contributed by atoms with E-state index in [1.54, 1.807) is 6.07 Å². The van der Waals surface area contributed by atoms with E-state index in [9.17, 15) is 21.6 Å². The molecule has 4 nitrogen and oxygen atoms in total. The lowest BCUT2D eigenvalue weighted by Gasteiger charge is -2.12. The number of nitrogens with one attached hydrogen (secondary N) is 2.